The lowest BCUT2D eigenvalue weighted by Gasteiger charge is -2.16. The second-order valence-corrected chi connectivity index (χ2v) is 7.10. The van der Waals surface area contributed by atoms with Crippen molar-refractivity contribution in [2.24, 2.45) is 0 Å². The Hall–Kier alpha value is -3.51. The molecule has 4 rings (SSSR count). The largest absolute Gasteiger partial charge is 0.324 e. The lowest BCUT2D eigenvalue weighted by Crippen LogP contribution is -2.20. The molecule has 3 aromatic carbocycles. The van der Waals surface area contributed by atoms with Crippen molar-refractivity contribution in [2.75, 3.05) is 0 Å². The van der Waals surface area contributed by atoms with E-state index >= 15 is 0 Å². The molecule has 0 bridgehead atoms. The molecule has 0 N–H and O–H groups in total. The Morgan fingerprint density at radius 1 is 0.966 bits per heavy atom. The molecule has 0 aliphatic heterocycles. The van der Waals surface area contributed by atoms with Crippen LogP contribution in [0, 0.1) is 10.1 Å². The van der Waals surface area contributed by atoms with Gasteiger partial charge in [0.05, 0.1) is 15.8 Å². The van der Waals surface area contributed by atoms with Gasteiger partial charge in [-0.25, -0.2) is 0 Å². The van der Waals surface area contributed by atoms with Crippen molar-refractivity contribution in [1.29, 1.82) is 0 Å². The first-order chi connectivity index (χ1) is 14.0. The molecule has 6 nitrogen and oxygen atoms in total. The molecule has 0 saturated carbocycles. The number of halogens is 1. The molecular weight excluding hydrogens is 390 g/mol. The summed E-state index contributed by atoms with van der Waals surface area (Å²) in [6.07, 6.45) is 0.469. The average Bonchev–Trinajstić information content (AvgIpc) is 2.72. The Bertz CT molecular complexity index is 1250. The van der Waals surface area contributed by atoms with E-state index in [1.54, 1.807) is 18.2 Å². The number of fused-ring (bicyclic) bond motifs is 1. The number of hydrogen-bond acceptors (Lipinski definition) is 4. The Labute approximate surface area is 171 Å². The third-order valence-corrected chi connectivity index (χ3v) is 4.97. The van der Waals surface area contributed by atoms with Crippen molar-refractivity contribution in [1.82, 2.24) is 9.55 Å². The predicted octanol–water partition coefficient (Wildman–Crippen LogP) is 4.60. The third kappa shape index (κ3) is 4.02. The first kappa shape index (κ1) is 18.8. The highest BCUT2D eigenvalue weighted by Gasteiger charge is 2.15. The summed E-state index contributed by atoms with van der Waals surface area (Å²) in [5, 5.41) is 12.0. The maximum Gasteiger partial charge on any atom is 0.281 e. The van der Waals surface area contributed by atoms with Crippen LogP contribution in [0.15, 0.2) is 77.6 Å². The smallest absolute Gasteiger partial charge is 0.281 e. The van der Waals surface area contributed by atoms with Gasteiger partial charge in [0.2, 0.25) is 0 Å². The number of rotatable bonds is 5. The van der Waals surface area contributed by atoms with Gasteiger partial charge in [-0.2, -0.15) is 4.98 Å². The zero-order valence-electron chi connectivity index (χ0n) is 15.3. The van der Waals surface area contributed by atoms with Gasteiger partial charge < -0.3 is 4.57 Å². The minimum atomic E-state index is -0.514. The predicted molar refractivity (Wildman–Crippen MR) is 112 cm³/mol. The van der Waals surface area contributed by atoms with E-state index < -0.39 is 10.5 Å². The van der Waals surface area contributed by atoms with Gasteiger partial charge in [-0.1, -0.05) is 54.1 Å². The van der Waals surface area contributed by atoms with Gasteiger partial charge in [0, 0.05) is 30.1 Å². The van der Waals surface area contributed by atoms with Gasteiger partial charge in [0.25, 0.3) is 11.2 Å². The Morgan fingerprint density at radius 2 is 1.69 bits per heavy atom. The molecule has 0 aliphatic rings. The minimum absolute atomic E-state index is 0.134. The highest BCUT2D eigenvalue weighted by atomic mass is 35.5. The van der Waals surface area contributed by atoms with Crippen LogP contribution in [-0.2, 0) is 13.0 Å². The third-order valence-electron chi connectivity index (χ3n) is 4.71. The van der Waals surface area contributed by atoms with Crippen LogP contribution >= 0.6 is 11.6 Å². The van der Waals surface area contributed by atoms with Gasteiger partial charge in [-0.05, 0) is 29.3 Å². The highest BCUT2D eigenvalue weighted by Crippen LogP contribution is 2.22. The van der Waals surface area contributed by atoms with E-state index in [2.05, 4.69) is 4.98 Å². The number of nitrogens with zero attached hydrogens (tertiary/aromatic N) is 3. The zero-order valence-corrected chi connectivity index (χ0v) is 16.0. The Balaban J connectivity index is 1.90. The summed E-state index contributed by atoms with van der Waals surface area (Å²) in [5.41, 5.74) is 2.00. The van der Waals surface area contributed by atoms with Gasteiger partial charge >= 0.3 is 0 Å². The van der Waals surface area contributed by atoms with Crippen LogP contribution < -0.4 is 5.56 Å². The van der Waals surface area contributed by atoms with Crippen molar-refractivity contribution in [3.63, 3.8) is 0 Å². The number of nitro groups is 1. The molecule has 0 unspecified atom stereocenters. The topological polar surface area (TPSA) is 78.0 Å². The maximum atomic E-state index is 12.6. The molecule has 0 fully saturated rings. The summed E-state index contributed by atoms with van der Waals surface area (Å²) in [6.45, 7) is 0.459. The summed E-state index contributed by atoms with van der Waals surface area (Å²) in [7, 11) is 0. The second-order valence-electron chi connectivity index (χ2n) is 6.67. The number of hydrogen-bond donors (Lipinski definition) is 0. The van der Waals surface area contributed by atoms with Crippen LogP contribution in [0.2, 0.25) is 5.02 Å². The minimum Gasteiger partial charge on any atom is -0.324 e. The monoisotopic (exact) mass is 405 g/mol. The first-order valence-corrected chi connectivity index (χ1v) is 9.35. The summed E-state index contributed by atoms with van der Waals surface area (Å²) >= 11 is 5.99. The van der Waals surface area contributed by atoms with Crippen molar-refractivity contribution in [3.05, 3.63) is 115 Å². The normalized spacial score (nSPS) is 10.9. The fourth-order valence-corrected chi connectivity index (χ4v) is 3.41. The van der Waals surface area contributed by atoms with Gasteiger partial charge in [-0.15, -0.1) is 0 Å². The number of non-ortho nitro benzene ring substituents is 1. The quantitative estimate of drug-likeness (QED) is 0.359. The van der Waals surface area contributed by atoms with Crippen LogP contribution in [0.5, 0.6) is 0 Å². The number of aromatic nitrogens is 2. The zero-order chi connectivity index (χ0) is 20.4. The molecule has 0 amide bonds. The van der Waals surface area contributed by atoms with E-state index in [1.807, 2.05) is 47.0 Å². The van der Waals surface area contributed by atoms with Crippen molar-refractivity contribution < 1.29 is 4.92 Å². The highest BCUT2D eigenvalue weighted by molar-refractivity contribution is 6.30. The number of nitro benzene ring substituents is 1. The molecule has 0 radical (unpaired) electrons. The van der Waals surface area contributed by atoms with E-state index in [0.29, 0.717) is 29.3 Å². The molecule has 29 heavy (non-hydrogen) atoms. The molecule has 0 spiro atoms. The van der Waals surface area contributed by atoms with E-state index in [9.17, 15) is 14.9 Å². The van der Waals surface area contributed by atoms with Gasteiger partial charge in [0.1, 0.15) is 5.82 Å². The average molecular weight is 406 g/mol. The van der Waals surface area contributed by atoms with E-state index in [-0.39, 0.29) is 11.1 Å². The molecule has 0 saturated heterocycles. The molecule has 144 valence electrons. The fourth-order valence-electron chi connectivity index (χ4n) is 3.28. The standard InChI is InChI=1S/C22H16ClN3O3/c23-17-8-6-16(7-9-17)14-25-20-11-10-18(26(28)29)13-19(20)22(27)24-21(25)12-15-4-2-1-3-5-15/h1-11,13H,12,14H2. The maximum absolute atomic E-state index is 12.6. The molecule has 7 heteroatoms. The molecule has 0 atom stereocenters. The van der Waals surface area contributed by atoms with Crippen molar-refractivity contribution in [2.45, 2.75) is 13.0 Å². The summed E-state index contributed by atoms with van der Waals surface area (Å²) < 4.78 is 1.93. The Morgan fingerprint density at radius 3 is 2.38 bits per heavy atom. The molecular formula is C22H16ClN3O3. The summed E-state index contributed by atoms with van der Waals surface area (Å²) in [6, 6.07) is 21.5. The van der Waals surface area contributed by atoms with Crippen molar-refractivity contribution >= 4 is 28.2 Å². The molecule has 4 aromatic rings. The van der Waals surface area contributed by atoms with Crippen LogP contribution in [0.1, 0.15) is 17.0 Å². The van der Waals surface area contributed by atoms with Crippen LogP contribution in [-0.4, -0.2) is 14.5 Å². The Kier molecular flexibility index (Phi) is 5.10. The first-order valence-electron chi connectivity index (χ1n) is 8.97. The molecule has 1 heterocycles. The van der Waals surface area contributed by atoms with E-state index in [4.69, 9.17) is 11.6 Å². The van der Waals surface area contributed by atoms with E-state index in [1.165, 1.54) is 12.1 Å². The van der Waals surface area contributed by atoms with Crippen LogP contribution in [0.25, 0.3) is 10.9 Å². The molecule has 0 aliphatic carbocycles. The summed E-state index contributed by atoms with van der Waals surface area (Å²) in [5.74, 6) is 0.595. The summed E-state index contributed by atoms with van der Waals surface area (Å²) in [4.78, 5) is 27.5. The van der Waals surface area contributed by atoms with Crippen LogP contribution in [0.3, 0.4) is 0 Å². The van der Waals surface area contributed by atoms with Gasteiger partial charge in [0.15, 0.2) is 0 Å². The lowest BCUT2D eigenvalue weighted by atomic mass is 10.1. The second kappa shape index (κ2) is 7.85. The lowest BCUT2D eigenvalue weighted by molar-refractivity contribution is -0.384. The number of benzene rings is 3. The molecule has 1 aromatic heterocycles. The fraction of sp³-hybridized carbons (Fsp3) is 0.0909. The van der Waals surface area contributed by atoms with Crippen molar-refractivity contribution in [3.8, 4) is 0 Å². The van der Waals surface area contributed by atoms with E-state index in [0.717, 1.165) is 11.1 Å². The SMILES string of the molecule is O=c1nc(Cc2ccccc2)n(Cc2ccc(Cl)cc2)c2ccc([N+](=O)[O-])cc12. The van der Waals surface area contributed by atoms with Crippen LogP contribution in [0.4, 0.5) is 5.69 Å². The van der Waals surface area contributed by atoms with Gasteiger partial charge in [-0.3, -0.25) is 14.9 Å².